The number of hydrogen-bond donors (Lipinski definition) is 1. The highest BCUT2D eigenvalue weighted by molar-refractivity contribution is 5.09. The quantitative estimate of drug-likeness (QED) is 0.803. The standard InChI is InChI=1S/C16H23N3O/c1-3-19(13-15-6-8-17-9-7-15)14(2)11-18-12-16-5-4-10-20-16/h4-10,14,18H,3,11-13H2,1-2H3. The third-order valence-corrected chi connectivity index (χ3v) is 3.48. The van der Waals surface area contributed by atoms with Gasteiger partial charge in [0.25, 0.3) is 0 Å². The summed E-state index contributed by atoms with van der Waals surface area (Å²) in [6, 6.07) is 8.54. The van der Waals surface area contributed by atoms with Gasteiger partial charge in [-0.05, 0) is 43.3 Å². The zero-order chi connectivity index (χ0) is 14.2. The highest BCUT2D eigenvalue weighted by atomic mass is 16.3. The van der Waals surface area contributed by atoms with E-state index in [1.807, 2.05) is 24.5 Å². The molecule has 0 saturated heterocycles. The van der Waals surface area contributed by atoms with Crippen LogP contribution < -0.4 is 5.32 Å². The molecular weight excluding hydrogens is 250 g/mol. The van der Waals surface area contributed by atoms with E-state index in [0.29, 0.717) is 6.04 Å². The number of aromatic nitrogens is 1. The summed E-state index contributed by atoms with van der Waals surface area (Å²) in [4.78, 5) is 6.51. The molecule has 2 aromatic heterocycles. The molecule has 1 atom stereocenters. The fourth-order valence-corrected chi connectivity index (χ4v) is 2.25. The zero-order valence-corrected chi connectivity index (χ0v) is 12.2. The number of nitrogens with zero attached hydrogens (tertiary/aromatic N) is 2. The number of hydrogen-bond acceptors (Lipinski definition) is 4. The molecule has 0 aliphatic heterocycles. The third-order valence-electron chi connectivity index (χ3n) is 3.48. The van der Waals surface area contributed by atoms with Gasteiger partial charge in [0.1, 0.15) is 5.76 Å². The Morgan fingerprint density at radius 2 is 2.10 bits per heavy atom. The molecule has 2 rings (SSSR count). The van der Waals surface area contributed by atoms with Crippen molar-refractivity contribution in [3.63, 3.8) is 0 Å². The zero-order valence-electron chi connectivity index (χ0n) is 12.2. The Morgan fingerprint density at radius 1 is 1.30 bits per heavy atom. The molecule has 2 heterocycles. The smallest absolute Gasteiger partial charge is 0.117 e. The van der Waals surface area contributed by atoms with Crippen LogP contribution in [0.5, 0.6) is 0 Å². The van der Waals surface area contributed by atoms with Crippen LogP contribution in [-0.2, 0) is 13.1 Å². The van der Waals surface area contributed by atoms with E-state index >= 15 is 0 Å². The second-order valence-electron chi connectivity index (χ2n) is 4.98. The Bertz CT molecular complexity index is 470. The van der Waals surface area contributed by atoms with Crippen molar-refractivity contribution in [1.29, 1.82) is 0 Å². The van der Waals surface area contributed by atoms with Gasteiger partial charge in [0.15, 0.2) is 0 Å². The van der Waals surface area contributed by atoms with Gasteiger partial charge in [-0.1, -0.05) is 6.92 Å². The number of pyridine rings is 1. The Kier molecular flexibility index (Phi) is 5.77. The van der Waals surface area contributed by atoms with Crippen molar-refractivity contribution in [3.8, 4) is 0 Å². The fourth-order valence-electron chi connectivity index (χ4n) is 2.25. The molecule has 2 aromatic rings. The van der Waals surface area contributed by atoms with E-state index < -0.39 is 0 Å². The van der Waals surface area contributed by atoms with Crippen molar-refractivity contribution < 1.29 is 4.42 Å². The van der Waals surface area contributed by atoms with Gasteiger partial charge in [0.2, 0.25) is 0 Å². The highest BCUT2D eigenvalue weighted by Crippen LogP contribution is 2.07. The van der Waals surface area contributed by atoms with Gasteiger partial charge in [-0.15, -0.1) is 0 Å². The molecule has 4 heteroatoms. The number of furan rings is 1. The normalized spacial score (nSPS) is 12.8. The lowest BCUT2D eigenvalue weighted by Gasteiger charge is -2.28. The molecule has 0 bridgehead atoms. The lowest BCUT2D eigenvalue weighted by molar-refractivity contribution is 0.205. The first-order valence-electron chi connectivity index (χ1n) is 7.15. The van der Waals surface area contributed by atoms with Gasteiger partial charge in [-0.3, -0.25) is 9.88 Å². The maximum Gasteiger partial charge on any atom is 0.117 e. The van der Waals surface area contributed by atoms with Gasteiger partial charge in [0, 0.05) is 31.5 Å². The van der Waals surface area contributed by atoms with Crippen LogP contribution in [0.15, 0.2) is 47.3 Å². The molecule has 0 saturated carbocycles. The Balaban J connectivity index is 1.78. The number of nitrogens with one attached hydrogen (secondary N) is 1. The van der Waals surface area contributed by atoms with E-state index in [1.165, 1.54) is 5.56 Å². The molecule has 0 spiro atoms. The van der Waals surface area contributed by atoms with E-state index in [1.54, 1.807) is 6.26 Å². The lowest BCUT2D eigenvalue weighted by atomic mass is 10.2. The van der Waals surface area contributed by atoms with Gasteiger partial charge < -0.3 is 9.73 Å². The molecule has 4 nitrogen and oxygen atoms in total. The Hall–Kier alpha value is -1.65. The highest BCUT2D eigenvalue weighted by Gasteiger charge is 2.12. The minimum atomic E-state index is 0.475. The largest absolute Gasteiger partial charge is 0.468 e. The molecule has 0 aliphatic carbocycles. The summed E-state index contributed by atoms with van der Waals surface area (Å²) in [5.74, 6) is 0.981. The number of rotatable bonds is 8. The molecule has 0 fully saturated rings. The van der Waals surface area contributed by atoms with Crippen molar-refractivity contribution in [1.82, 2.24) is 15.2 Å². The van der Waals surface area contributed by atoms with E-state index in [9.17, 15) is 0 Å². The van der Waals surface area contributed by atoms with E-state index in [-0.39, 0.29) is 0 Å². The topological polar surface area (TPSA) is 41.3 Å². The molecule has 1 unspecified atom stereocenters. The monoisotopic (exact) mass is 273 g/mol. The van der Waals surface area contributed by atoms with Crippen LogP contribution in [0, 0.1) is 0 Å². The lowest BCUT2D eigenvalue weighted by Crippen LogP contribution is -2.39. The summed E-state index contributed by atoms with van der Waals surface area (Å²) in [6.07, 6.45) is 5.41. The first kappa shape index (κ1) is 14.8. The minimum Gasteiger partial charge on any atom is -0.468 e. The summed E-state index contributed by atoms with van der Waals surface area (Å²) in [5, 5.41) is 3.44. The summed E-state index contributed by atoms with van der Waals surface area (Å²) >= 11 is 0. The van der Waals surface area contributed by atoms with Gasteiger partial charge in [0.05, 0.1) is 12.8 Å². The summed E-state index contributed by atoms with van der Waals surface area (Å²) in [6.45, 7) is 8.17. The molecule has 0 aliphatic rings. The van der Waals surface area contributed by atoms with Gasteiger partial charge >= 0.3 is 0 Å². The van der Waals surface area contributed by atoms with Crippen molar-refractivity contribution in [3.05, 3.63) is 54.2 Å². The average Bonchev–Trinajstić information content (AvgIpc) is 2.99. The van der Waals surface area contributed by atoms with Crippen LogP contribution in [0.1, 0.15) is 25.2 Å². The maximum absolute atomic E-state index is 5.31. The second-order valence-corrected chi connectivity index (χ2v) is 4.98. The van der Waals surface area contributed by atoms with Crippen molar-refractivity contribution in [2.75, 3.05) is 13.1 Å². The minimum absolute atomic E-state index is 0.475. The van der Waals surface area contributed by atoms with E-state index in [4.69, 9.17) is 4.42 Å². The van der Waals surface area contributed by atoms with Gasteiger partial charge in [-0.2, -0.15) is 0 Å². The molecule has 1 N–H and O–H groups in total. The van der Waals surface area contributed by atoms with Crippen LogP contribution in [0.2, 0.25) is 0 Å². The Labute approximate surface area is 120 Å². The van der Waals surface area contributed by atoms with Gasteiger partial charge in [-0.25, -0.2) is 0 Å². The van der Waals surface area contributed by atoms with Crippen LogP contribution in [-0.4, -0.2) is 29.0 Å². The van der Waals surface area contributed by atoms with Crippen LogP contribution >= 0.6 is 0 Å². The first-order chi connectivity index (χ1) is 9.79. The van der Waals surface area contributed by atoms with Crippen LogP contribution in [0.25, 0.3) is 0 Å². The average molecular weight is 273 g/mol. The second kappa shape index (κ2) is 7.82. The first-order valence-corrected chi connectivity index (χ1v) is 7.15. The molecule has 0 amide bonds. The molecule has 20 heavy (non-hydrogen) atoms. The van der Waals surface area contributed by atoms with Crippen molar-refractivity contribution in [2.24, 2.45) is 0 Å². The Morgan fingerprint density at radius 3 is 2.75 bits per heavy atom. The van der Waals surface area contributed by atoms with Crippen LogP contribution in [0.4, 0.5) is 0 Å². The van der Waals surface area contributed by atoms with Crippen molar-refractivity contribution >= 4 is 0 Å². The number of likely N-dealkylation sites (N-methyl/N-ethyl adjacent to an activating group) is 1. The maximum atomic E-state index is 5.31. The van der Waals surface area contributed by atoms with E-state index in [0.717, 1.165) is 31.9 Å². The summed E-state index contributed by atoms with van der Waals surface area (Å²) in [5.41, 5.74) is 1.31. The summed E-state index contributed by atoms with van der Waals surface area (Å²) in [7, 11) is 0. The molecular formula is C16H23N3O. The summed E-state index contributed by atoms with van der Waals surface area (Å²) < 4.78 is 5.31. The van der Waals surface area contributed by atoms with E-state index in [2.05, 4.69) is 41.2 Å². The molecule has 0 radical (unpaired) electrons. The predicted octanol–water partition coefficient (Wildman–Crippen LogP) is 2.67. The molecule has 108 valence electrons. The third kappa shape index (κ3) is 4.47. The molecule has 0 aromatic carbocycles. The predicted molar refractivity (Wildman–Crippen MR) is 80.2 cm³/mol. The van der Waals surface area contributed by atoms with Crippen LogP contribution in [0.3, 0.4) is 0 Å². The van der Waals surface area contributed by atoms with Crippen molar-refractivity contribution in [2.45, 2.75) is 33.0 Å². The SMILES string of the molecule is CCN(Cc1ccncc1)C(C)CNCc1ccco1. The fraction of sp³-hybridized carbons (Fsp3) is 0.438.